The number of amides is 2. The maximum absolute atomic E-state index is 12.5. The second-order valence-electron chi connectivity index (χ2n) is 10.8. The maximum atomic E-state index is 12.5. The van der Waals surface area contributed by atoms with Crippen LogP contribution in [0.1, 0.15) is 129 Å². The van der Waals surface area contributed by atoms with Gasteiger partial charge in [0.2, 0.25) is 11.8 Å². The molecule has 0 bridgehead atoms. The Morgan fingerprint density at radius 3 is 1.53 bits per heavy atom. The van der Waals surface area contributed by atoms with E-state index in [0.29, 0.717) is 38.8 Å². The van der Waals surface area contributed by atoms with Gasteiger partial charge in [-0.3, -0.25) is 19.2 Å². The zero-order chi connectivity index (χ0) is 28.2. The molecule has 0 radical (unpaired) electrons. The molecule has 1 fully saturated rings. The van der Waals surface area contributed by atoms with Crippen molar-refractivity contribution in [2.24, 2.45) is 5.92 Å². The zero-order valence-electron chi connectivity index (χ0n) is 23.4. The highest BCUT2D eigenvalue weighted by Crippen LogP contribution is 2.20. The van der Waals surface area contributed by atoms with Crippen molar-refractivity contribution in [3.05, 3.63) is 0 Å². The highest BCUT2D eigenvalue weighted by molar-refractivity contribution is 5.89. The van der Waals surface area contributed by atoms with E-state index in [9.17, 15) is 29.1 Å². The molecule has 3 N–H and O–H groups in total. The van der Waals surface area contributed by atoms with Crippen molar-refractivity contribution in [3.8, 4) is 0 Å². The first-order valence-corrected chi connectivity index (χ1v) is 14.7. The number of aliphatic carboxylic acids is 2. The van der Waals surface area contributed by atoms with Gasteiger partial charge >= 0.3 is 11.9 Å². The van der Waals surface area contributed by atoms with Crippen LogP contribution in [-0.2, 0) is 24.0 Å². The van der Waals surface area contributed by atoms with Crippen LogP contribution in [0.25, 0.3) is 0 Å². The minimum Gasteiger partial charge on any atom is -0.481 e. The lowest BCUT2D eigenvalue weighted by atomic mass is 9.95. The molecular formula is C29H50N2O7. The van der Waals surface area contributed by atoms with Crippen molar-refractivity contribution < 1.29 is 34.2 Å². The van der Waals surface area contributed by atoms with Crippen molar-refractivity contribution in [3.63, 3.8) is 0 Å². The van der Waals surface area contributed by atoms with Crippen molar-refractivity contribution in [2.45, 2.75) is 135 Å². The number of carbonyl (C=O) groups is 5. The molecule has 218 valence electrons. The second kappa shape index (κ2) is 20.5. The van der Waals surface area contributed by atoms with Gasteiger partial charge in [-0.2, -0.15) is 0 Å². The van der Waals surface area contributed by atoms with Crippen molar-refractivity contribution in [2.75, 3.05) is 13.1 Å². The quantitative estimate of drug-likeness (QED) is 0.163. The summed E-state index contributed by atoms with van der Waals surface area (Å²) in [6.07, 6.45) is 17.7. The molecular weight excluding hydrogens is 488 g/mol. The molecule has 0 saturated carbocycles. The van der Waals surface area contributed by atoms with Crippen LogP contribution in [0, 0.1) is 5.92 Å². The third-order valence-corrected chi connectivity index (χ3v) is 7.36. The molecule has 0 aromatic rings. The number of carboxylic acids is 2. The molecule has 1 rings (SSSR count). The number of carbonyl (C=O) groups excluding carboxylic acids is 3. The molecule has 0 aliphatic carbocycles. The molecule has 1 aliphatic rings. The molecule has 0 aromatic heterocycles. The third kappa shape index (κ3) is 16.4. The number of piperidine rings is 1. The highest BCUT2D eigenvalue weighted by Gasteiger charge is 2.30. The van der Waals surface area contributed by atoms with E-state index in [4.69, 9.17) is 5.11 Å². The fourth-order valence-electron chi connectivity index (χ4n) is 5.00. The number of nitrogens with one attached hydrogen (secondary N) is 1. The van der Waals surface area contributed by atoms with Gasteiger partial charge in [0.25, 0.3) is 0 Å². The number of ketones is 1. The van der Waals surface area contributed by atoms with E-state index in [1.807, 2.05) is 4.90 Å². The predicted octanol–water partition coefficient (Wildman–Crippen LogP) is 5.10. The molecule has 2 amide bonds. The number of hydrogen-bond acceptors (Lipinski definition) is 5. The molecule has 0 spiro atoms. The van der Waals surface area contributed by atoms with Crippen LogP contribution < -0.4 is 5.32 Å². The number of nitrogens with zero attached hydrogens (tertiary/aromatic N) is 1. The third-order valence-electron chi connectivity index (χ3n) is 7.36. The lowest BCUT2D eigenvalue weighted by molar-refractivity contribution is -0.144. The monoisotopic (exact) mass is 538 g/mol. The average molecular weight is 539 g/mol. The van der Waals surface area contributed by atoms with E-state index in [1.165, 1.54) is 58.3 Å². The molecule has 9 nitrogen and oxygen atoms in total. The van der Waals surface area contributed by atoms with Gasteiger partial charge in [0, 0.05) is 38.3 Å². The zero-order valence-corrected chi connectivity index (χ0v) is 23.4. The topological polar surface area (TPSA) is 141 Å². The Morgan fingerprint density at radius 2 is 1.13 bits per heavy atom. The Kier molecular flexibility index (Phi) is 18.1. The Labute approximate surface area is 228 Å². The number of carboxylic acid groups (broad SMARTS) is 2. The van der Waals surface area contributed by atoms with Gasteiger partial charge in [0.15, 0.2) is 0 Å². The van der Waals surface area contributed by atoms with E-state index >= 15 is 0 Å². The van der Waals surface area contributed by atoms with Gasteiger partial charge in [0.05, 0.1) is 0 Å². The highest BCUT2D eigenvalue weighted by atomic mass is 16.4. The molecule has 9 heteroatoms. The SMILES string of the molecule is CC(=O)C[C@@H](NC(=O)C1CCN(C(=O)CCCCCCCCCCCCCCCCC(=O)O)CC1)C(=O)O. The molecule has 1 heterocycles. The number of likely N-dealkylation sites (tertiary alicyclic amines) is 1. The summed E-state index contributed by atoms with van der Waals surface area (Å²) in [5.74, 6) is -2.75. The number of Topliss-reactive ketones (excluding diaryl/α,β-unsaturated/α-hetero) is 1. The van der Waals surface area contributed by atoms with E-state index in [1.54, 1.807) is 0 Å². The molecule has 38 heavy (non-hydrogen) atoms. The summed E-state index contributed by atoms with van der Waals surface area (Å²) in [4.78, 5) is 59.7. The summed E-state index contributed by atoms with van der Waals surface area (Å²) >= 11 is 0. The van der Waals surface area contributed by atoms with Crippen LogP contribution >= 0.6 is 0 Å². The van der Waals surface area contributed by atoms with Gasteiger partial charge in [-0.15, -0.1) is 0 Å². The molecule has 1 atom stereocenters. The molecule has 0 unspecified atom stereocenters. The minimum absolute atomic E-state index is 0.130. The van der Waals surface area contributed by atoms with Gasteiger partial charge in [0.1, 0.15) is 11.8 Å². The van der Waals surface area contributed by atoms with Gasteiger partial charge < -0.3 is 20.4 Å². The van der Waals surface area contributed by atoms with Crippen molar-refractivity contribution >= 4 is 29.5 Å². The lowest BCUT2D eigenvalue weighted by Crippen LogP contribution is -2.48. The number of hydrogen-bond donors (Lipinski definition) is 3. The molecule has 1 aliphatic heterocycles. The first-order valence-electron chi connectivity index (χ1n) is 14.7. The molecule has 0 aromatic carbocycles. The van der Waals surface area contributed by atoms with E-state index in [-0.39, 0.29) is 29.9 Å². The van der Waals surface area contributed by atoms with E-state index in [0.717, 1.165) is 38.5 Å². The summed E-state index contributed by atoms with van der Waals surface area (Å²) in [6, 6.07) is -1.20. The number of rotatable bonds is 22. The molecule has 1 saturated heterocycles. The van der Waals surface area contributed by atoms with Crippen molar-refractivity contribution in [1.29, 1.82) is 0 Å². The second-order valence-corrected chi connectivity index (χ2v) is 10.8. The smallest absolute Gasteiger partial charge is 0.326 e. The Morgan fingerprint density at radius 1 is 0.711 bits per heavy atom. The summed E-state index contributed by atoms with van der Waals surface area (Å²) in [7, 11) is 0. The summed E-state index contributed by atoms with van der Waals surface area (Å²) < 4.78 is 0. The normalized spacial score (nSPS) is 14.7. The number of unbranched alkanes of at least 4 members (excludes halogenated alkanes) is 13. The fraction of sp³-hybridized carbons (Fsp3) is 0.828. The minimum atomic E-state index is -1.21. The van der Waals surface area contributed by atoms with Gasteiger partial charge in [-0.05, 0) is 32.6 Å². The fourth-order valence-corrected chi connectivity index (χ4v) is 5.00. The van der Waals surface area contributed by atoms with Crippen LogP contribution in [0.15, 0.2) is 0 Å². The Bertz CT molecular complexity index is 732. The average Bonchev–Trinajstić information content (AvgIpc) is 2.87. The lowest BCUT2D eigenvalue weighted by Gasteiger charge is -2.32. The van der Waals surface area contributed by atoms with Gasteiger partial charge in [-0.1, -0.05) is 77.0 Å². The Balaban J connectivity index is 1.99. The largest absolute Gasteiger partial charge is 0.481 e. The van der Waals surface area contributed by atoms with Crippen molar-refractivity contribution in [1.82, 2.24) is 10.2 Å². The van der Waals surface area contributed by atoms with Crippen LogP contribution in [0.4, 0.5) is 0 Å². The predicted molar refractivity (Wildman–Crippen MR) is 146 cm³/mol. The van der Waals surface area contributed by atoms with E-state index in [2.05, 4.69) is 5.32 Å². The Hall–Kier alpha value is -2.45. The summed E-state index contributed by atoms with van der Waals surface area (Å²) in [5.41, 5.74) is 0. The van der Waals surface area contributed by atoms with E-state index < -0.39 is 18.0 Å². The maximum Gasteiger partial charge on any atom is 0.326 e. The first-order chi connectivity index (χ1) is 18.2. The van der Waals surface area contributed by atoms with Crippen LogP contribution in [-0.4, -0.2) is 63.8 Å². The van der Waals surface area contributed by atoms with Crippen LogP contribution in [0.5, 0.6) is 0 Å². The summed E-state index contributed by atoms with van der Waals surface area (Å²) in [6.45, 7) is 2.31. The van der Waals surface area contributed by atoms with Crippen LogP contribution in [0.3, 0.4) is 0 Å². The van der Waals surface area contributed by atoms with Gasteiger partial charge in [-0.25, -0.2) is 4.79 Å². The summed E-state index contributed by atoms with van der Waals surface area (Å²) in [5, 5.41) is 20.3. The van der Waals surface area contributed by atoms with Crippen LogP contribution in [0.2, 0.25) is 0 Å². The standard InChI is InChI=1S/C29H50N2O7/c1-23(32)22-25(29(37)38)30-28(36)24-18-20-31(21-19-24)26(33)16-14-12-10-8-6-4-2-3-5-7-9-11-13-15-17-27(34)35/h24-25H,2-22H2,1H3,(H,30,36)(H,34,35)(H,37,38)/t25-/m1/s1. The first kappa shape index (κ1) is 33.6.